The molecular weight excluding hydrogens is 1650 g/mol. The van der Waals surface area contributed by atoms with E-state index in [9.17, 15) is 98.6 Å². The largest absolute Gasteiger partial charge is 0.416 e. The molecule has 0 amide bonds. The highest BCUT2D eigenvalue weighted by Crippen LogP contribution is 2.42. The maximum Gasteiger partial charge on any atom is 0.416 e. The molecule has 0 aliphatic heterocycles. The fourth-order valence-corrected chi connectivity index (χ4v) is 13.8. The van der Waals surface area contributed by atoms with E-state index in [-0.39, 0.29) is 110 Å². The lowest BCUT2D eigenvalue weighted by Crippen LogP contribution is -2.53. The van der Waals surface area contributed by atoms with Crippen LogP contribution in [0.5, 0.6) is 0 Å². The van der Waals surface area contributed by atoms with Crippen molar-refractivity contribution in [1.82, 2.24) is 0 Å². The van der Waals surface area contributed by atoms with Crippen LogP contribution in [-0.4, -0.2) is 139 Å². The first-order valence-corrected chi connectivity index (χ1v) is 38.5. The van der Waals surface area contributed by atoms with Crippen molar-refractivity contribution in [2.45, 2.75) is 212 Å². The van der Waals surface area contributed by atoms with Crippen LogP contribution in [0.25, 0.3) is 0 Å². The number of rotatable bonds is 6. The number of Topliss-reactive ketones (excluding diaryl/α,β-unsaturated/α-hetero) is 6. The molecule has 115 heavy (non-hydrogen) atoms. The van der Waals surface area contributed by atoms with Crippen molar-refractivity contribution in [3.63, 3.8) is 0 Å². The molecule has 0 heterocycles. The molecule has 6 aliphatic carbocycles. The van der Waals surface area contributed by atoms with E-state index in [1.807, 2.05) is 93.6 Å². The second kappa shape index (κ2) is 44.4. The van der Waals surface area contributed by atoms with Gasteiger partial charge in [0.25, 0.3) is 10.1 Å². The topological polar surface area (TPSA) is 509 Å². The van der Waals surface area contributed by atoms with E-state index >= 15 is 0 Å². The molecule has 6 aliphatic rings. The zero-order valence-electron chi connectivity index (χ0n) is 63.1. The van der Waals surface area contributed by atoms with E-state index in [4.69, 9.17) is 56.5 Å². The van der Waals surface area contributed by atoms with Crippen LogP contribution in [0.4, 0.5) is 30.7 Å². The molecule has 0 spiro atoms. The van der Waals surface area contributed by atoms with Crippen molar-refractivity contribution < 1.29 is 121 Å². The summed E-state index contributed by atoms with van der Waals surface area (Å²) in [7, 11) is -8.33. The molecule has 6 aromatic carbocycles. The Balaban J connectivity index is 0.000000669. The molecule has 642 valence electrons. The van der Waals surface area contributed by atoms with Gasteiger partial charge in [-0.2, -0.15) is 30.0 Å². The third-order valence-electron chi connectivity index (χ3n) is 20.0. The van der Waals surface area contributed by atoms with Gasteiger partial charge in [-0.15, -0.1) is 49.6 Å². The third-order valence-corrected chi connectivity index (χ3v) is 20.0. The Morgan fingerprint density at radius 2 is 0.565 bits per heavy atom. The van der Waals surface area contributed by atoms with Gasteiger partial charge in [0, 0.05) is 5.56 Å². The Kier molecular flexibility index (Phi) is 41.0. The van der Waals surface area contributed by atoms with Crippen LogP contribution in [0, 0.1) is 44.0 Å². The summed E-state index contributed by atoms with van der Waals surface area (Å²) in [5.41, 5.74) is 32.0. The van der Waals surface area contributed by atoms with Gasteiger partial charge in [-0.1, -0.05) is 126 Å². The minimum Gasteiger partial charge on any atom is -0.385 e. The number of hydrogen-bond acceptors (Lipinski definition) is 22. The van der Waals surface area contributed by atoms with Crippen molar-refractivity contribution >= 4 is 105 Å². The summed E-state index contributed by atoms with van der Waals surface area (Å²) >= 11 is 0. The van der Waals surface area contributed by atoms with Gasteiger partial charge in [-0.25, -0.2) is 17.6 Å². The van der Waals surface area contributed by atoms with Crippen LogP contribution in [-0.2, 0) is 88.7 Å². The molecule has 0 aromatic heterocycles. The number of nitrogens with two attached hydrogens (primary N) is 6. The first-order valence-electron chi connectivity index (χ1n) is 35.3. The summed E-state index contributed by atoms with van der Waals surface area (Å²) in [4.78, 5) is 71.5. The van der Waals surface area contributed by atoms with E-state index in [0.717, 1.165) is 76.9 Å². The van der Waals surface area contributed by atoms with Crippen molar-refractivity contribution in [1.29, 1.82) is 0 Å². The Bertz CT molecular complexity index is 4250. The average Bonchev–Trinajstić information content (AvgIpc) is 0.696. The predicted octanol–water partition coefficient (Wildman–Crippen LogP) is 8.77. The van der Waals surface area contributed by atoms with Gasteiger partial charge in [-0.3, -0.25) is 42.4 Å². The molecule has 0 radical (unpaired) electrons. The number of hydrogen-bond donors (Lipinski definition) is 15. The molecule has 6 aromatic rings. The smallest absolute Gasteiger partial charge is 0.385 e. The van der Waals surface area contributed by atoms with Gasteiger partial charge in [0.1, 0.15) is 81.5 Å². The van der Waals surface area contributed by atoms with Crippen molar-refractivity contribution in [3.05, 3.63) is 212 Å². The van der Waals surface area contributed by atoms with Gasteiger partial charge in [-0.05, 0) is 183 Å². The normalized spacial score (nSPS) is 27.1. The molecule has 0 bridgehead atoms. The van der Waals surface area contributed by atoms with Crippen molar-refractivity contribution in [2.24, 2.45) is 34.4 Å². The van der Waals surface area contributed by atoms with Gasteiger partial charge in [0.05, 0.1) is 17.4 Å². The van der Waals surface area contributed by atoms with Crippen LogP contribution in [0.1, 0.15) is 171 Å². The number of aliphatic hydroxyl groups is 6. The van der Waals surface area contributed by atoms with Crippen molar-refractivity contribution in [2.75, 3.05) is 6.26 Å². The third kappa shape index (κ3) is 28.0. The summed E-state index contributed by atoms with van der Waals surface area (Å²) in [6, 6.07) is 34.6. The first-order chi connectivity index (χ1) is 51.3. The molecule has 38 heteroatoms. The fourth-order valence-electron chi connectivity index (χ4n) is 13.8. The Morgan fingerprint density at radius 3 is 0.852 bits per heavy atom. The Hall–Kier alpha value is -6.69. The molecule has 0 saturated heterocycles. The minimum absolute atomic E-state index is 0. The second-order valence-electron chi connectivity index (χ2n) is 28.5. The number of alkyl halides is 3. The maximum absolute atomic E-state index is 13.6. The lowest BCUT2D eigenvalue weighted by molar-refractivity contribution is -0.142. The Morgan fingerprint density at radius 1 is 0.348 bits per heavy atom. The molecule has 6 fully saturated rings. The van der Waals surface area contributed by atoms with E-state index in [1.165, 1.54) is 36.4 Å². The number of carbonyl (C=O) groups excluding carboxylic acids is 6. The van der Waals surface area contributed by atoms with Gasteiger partial charge in [0.2, 0.25) is 0 Å². The lowest BCUT2D eigenvalue weighted by atomic mass is 9.73. The number of benzene rings is 6. The molecule has 21 N–H and O–H groups in total. The molecule has 6 saturated carbocycles. The van der Waals surface area contributed by atoms with Crippen molar-refractivity contribution in [3.8, 4) is 0 Å². The molecule has 25 nitrogen and oxygen atoms in total. The van der Waals surface area contributed by atoms with E-state index < -0.39 is 148 Å². The zero-order chi connectivity index (χ0) is 83.8. The van der Waals surface area contributed by atoms with E-state index in [2.05, 4.69) is 0 Å². The standard InChI is InChI=1S/C13H14F3NO2.3C13H17NO2.2C12H13F2NO2.CH4O3S.4ClH.H2O4S/c14-13(15,16)9-5-2-1-4-8(9)12(17)7-3-6-10(18)11(12)19;3*1-9-4-6-10(7-5-9)13(14)8-2-3-11(15)12(13)16;13-7-3-1-4-8(14)10(7)12(15)6-2-5-9(16)11(12)17;13-8-4-1-3-7(10(8)14)12(15)6-2-5-9(16)11(12)17;1-5(2,3)4;;;;;1-5(2,3)4/h1-2,4-5,10,18H,3,6-7,17H2;3*4-7,11,15H,2-3,8,14H2,1H3;2*1,3-4,9,16H,2,5-6,15H2;1H3,(H,2,3,4);4*1H;(H2,1,2,3,4). The molecule has 12 rings (SSSR count). The highest BCUT2D eigenvalue weighted by molar-refractivity contribution is 7.85. The maximum atomic E-state index is 13.6. The number of carbonyl (C=O) groups is 6. The summed E-state index contributed by atoms with van der Waals surface area (Å²) in [5, 5.41) is 57.3. The van der Waals surface area contributed by atoms with Crippen LogP contribution in [0.3, 0.4) is 0 Å². The zero-order valence-corrected chi connectivity index (χ0v) is 68.0. The summed E-state index contributed by atoms with van der Waals surface area (Å²) < 4.78 is 150. The number of aliphatic hydroxyl groups excluding tert-OH is 6. The van der Waals surface area contributed by atoms with Crippen LogP contribution in [0.2, 0.25) is 0 Å². The lowest BCUT2D eigenvalue weighted by Gasteiger charge is -2.36. The molecular formula is C77H101Cl4F7N6O19S2. The van der Waals surface area contributed by atoms with Crippen LogP contribution in [0.15, 0.2) is 133 Å². The SMILES string of the molecule is CS(=O)(=O)O.Cc1ccc(C2(N)CCCC(O)C2=O)cc1.Cc1ccc(C2(N)CCCC(O)C2=O)cc1.Cc1ccc(C2(N)CCCC(O)C2=O)cc1.Cl.Cl.Cl.Cl.NC1(c2c(F)cccc2F)CCCC(O)C1=O.NC1(c2cccc(F)c2F)CCCC(O)C1=O.NC1(c2ccccc2C(F)(F)F)CCCC(O)C1=O.O=S(=O)(O)O. The van der Waals surface area contributed by atoms with Gasteiger partial charge >= 0.3 is 16.6 Å². The number of ketones is 6. The van der Waals surface area contributed by atoms with Gasteiger partial charge in [0.15, 0.2) is 46.3 Å². The summed E-state index contributed by atoms with van der Waals surface area (Å²) in [6.07, 6.45) is -1.82. The number of halogens is 11. The summed E-state index contributed by atoms with van der Waals surface area (Å²) in [5.74, 6) is -6.70. The quantitative estimate of drug-likeness (QED) is 0.0547. The fraction of sp³-hybridized carbons (Fsp3) is 0.455. The Labute approximate surface area is 686 Å². The second-order valence-corrected chi connectivity index (χ2v) is 30.8. The molecule has 12 unspecified atom stereocenters. The minimum atomic E-state index is -4.67. The highest BCUT2D eigenvalue weighted by atomic mass is 35.5. The van der Waals surface area contributed by atoms with Crippen LogP contribution >= 0.6 is 49.6 Å². The monoisotopic (exact) mass is 1750 g/mol. The predicted molar refractivity (Wildman–Crippen MR) is 423 cm³/mol. The average molecular weight is 1750 g/mol. The van der Waals surface area contributed by atoms with E-state index in [1.54, 1.807) is 0 Å². The summed E-state index contributed by atoms with van der Waals surface area (Å²) in [6.45, 7) is 5.97. The molecule has 12 atom stereocenters. The first kappa shape index (κ1) is 106. The van der Waals surface area contributed by atoms with Gasteiger partial charge < -0.3 is 65.0 Å². The van der Waals surface area contributed by atoms with Crippen LogP contribution < -0.4 is 34.4 Å². The highest BCUT2D eigenvalue weighted by Gasteiger charge is 2.50. The number of aryl methyl sites for hydroxylation is 3. The van der Waals surface area contributed by atoms with E-state index in [0.29, 0.717) is 70.5 Å².